The van der Waals surface area contributed by atoms with Crippen LogP contribution in [0.2, 0.25) is 0 Å². The summed E-state index contributed by atoms with van der Waals surface area (Å²) in [5, 5.41) is 9.83. The van der Waals surface area contributed by atoms with E-state index < -0.39 is 5.79 Å². The third kappa shape index (κ3) is 3.50. The average molecular weight is 340 g/mol. The van der Waals surface area contributed by atoms with Crippen LogP contribution >= 0.6 is 0 Å². The van der Waals surface area contributed by atoms with Crippen LogP contribution < -0.4 is 0 Å². The zero-order valence-electron chi connectivity index (χ0n) is 15.2. The Morgan fingerprint density at radius 2 is 1.80 bits per heavy atom. The maximum Gasteiger partial charge on any atom is 0.223 e. The van der Waals surface area contributed by atoms with Crippen molar-refractivity contribution in [3.8, 4) is 0 Å². The number of hydrogen-bond donors (Lipinski definition) is 1. The number of aliphatic hydroxyl groups is 1. The van der Waals surface area contributed by atoms with E-state index in [0.29, 0.717) is 12.5 Å². The zero-order chi connectivity index (χ0) is 17.7. The molecule has 134 valence electrons. The quantitative estimate of drug-likeness (QED) is 0.799. The van der Waals surface area contributed by atoms with Crippen molar-refractivity contribution in [3.63, 3.8) is 0 Å². The van der Waals surface area contributed by atoms with Crippen molar-refractivity contribution in [2.24, 2.45) is 5.92 Å². The molecule has 2 aromatic carbocycles. The van der Waals surface area contributed by atoms with Gasteiger partial charge >= 0.3 is 0 Å². The SMILES string of the molecule is CCCC(CC)C1COC(c2ccccc2)(c2ccccc2CO)O1. The first-order valence-electron chi connectivity index (χ1n) is 9.31. The molecule has 0 aliphatic carbocycles. The van der Waals surface area contributed by atoms with E-state index >= 15 is 0 Å². The second-order valence-electron chi connectivity index (χ2n) is 6.72. The Morgan fingerprint density at radius 1 is 1.08 bits per heavy atom. The fourth-order valence-corrected chi connectivity index (χ4v) is 3.82. The van der Waals surface area contributed by atoms with Crippen molar-refractivity contribution in [1.82, 2.24) is 0 Å². The Balaban J connectivity index is 2.04. The fraction of sp³-hybridized carbons (Fsp3) is 0.455. The molecule has 1 fully saturated rings. The average Bonchev–Trinajstić information content (AvgIpc) is 3.13. The maximum absolute atomic E-state index is 9.83. The molecule has 1 saturated heterocycles. The van der Waals surface area contributed by atoms with Gasteiger partial charge in [-0.15, -0.1) is 0 Å². The molecular formula is C22H28O3. The van der Waals surface area contributed by atoms with E-state index in [0.717, 1.165) is 36.0 Å². The van der Waals surface area contributed by atoms with Crippen LogP contribution in [0.15, 0.2) is 54.6 Å². The number of hydrogen-bond acceptors (Lipinski definition) is 3. The van der Waals surface area contributed by atoms with Crippen molar-refractivity contribution >= 4 is 0 Å². The molecule has 1 N–H and O–H groups in total. The normalized spacial score (nSPS) is 24.4. The molecule has 1 aliphatic rings. The van der Waals surface area contributed by atoms with Crippen LogP contribution in [0.1, 0.15) is 49.8 Å². The van der Waals surface area contributed by atoms with Gasteiger partial charge in [-0.1, -0.05) is 81.3 Å². The molecule has 3 atom stereocenters. The summed E-state index contributed by atoms with van der Waals surface area (Å²) in [5.74, 6) is -0.455. The van der Waals surface area contributed by atoms with Gasteiger partial charge in [0.15, 0.2) is 0 Å². The van der Waals surface area contributed by atoms with Gasteiger partial charge in [0.25, 0.3) is 0 Å². The van der Waals surface area contributed by atoms with Crippen LogP contribution in [0.5, 0.6) is 0 Å². The molecule has 2 aromatic rings. The molecular weight excluding hydrogens is 312 g/mol. The molecule has 1 aliphatic heterocycles. The number of rotatable bonds is 7. The van der Waals surface area contributed by atoms with Crippen LogP contribution in [-0.2, 0) is 21.9 Å². The Labute approximate surface area is 150 Å². The van der Waals surface area contributed by atoms with E-state index in [1.807, 2.05) is 54.6 Å². The lowest BCUT2D eigenvalue weighted by atomic mass is 9.92. The highest BCUT2D eigenvalue weighted by atomic mass is 16.7. The Hall–Kier alpha value is -1.68. The smallest absolute Gasteiger partial charge is 0.223 e. The molecule has 0 bridgehead atoms. The summed E-state index contributed by atoms with van der Waals surface area (Å²) >= 11 is 0. The van der Waals surface area contributed by atoms with Gasteiger partial charge in [-0.3, -0.25) is 0 Å². The monoisotopic (exact) mass is 340 g/mol. The lowest BCUT2D eigenvalue weighted by Crippen LogP contribution is -2.32. The van der Waals surface area contributed by atoms with Crippen molar-refractivity contribution in [2.75, 3.05) is 6.61 Å². The molecule has 3 rings (SSSR count). The number of benzene rings is 2. The zero-order valence-corrected chi connectivity index (χ0v) is 15.2. The third-order valence-corrected chi connectivity index (χ3v) is 5.17. The van der Waals surface area contributed by atoms with Gasteiger partial charge in [-0.25, -0.2) is 0 Å². The van der Waals surface area contributed by atoms with Crippen molar-refractivity contribution < 1.29 is 14.6 Å². The van der Waals surface area contributed by atoms with E-state index in [9.17, 15) is 5.11 Å². The van der Waals surface area contributed by atoms with Crippen LogP contribution in [0.3, 0.4) is 0 Å². The molecule has 0 radical (unpaired) electrons. The topological polar surface area (TPSA) is 38.7 Å². The fourth-order valence-electron chi connectivity index (χ4n) is 3.82. The summed E-state index contributed by atoms with van der Waals surface area (Å²) in [6.45, 7) is 4.97. The first-order chi connectivity index (χ1) is 12.2. The van der Waals surface area contributed by atoms with Gasteiger partial charge in [-0.05, 0) is 17.9 Å². The third-order valence-electron chi connectivity index (χ3n) is 5.17. The van der Waals surface area contributed by atoms with E-state index in [2.05, 4.69) is 13.8 Å². The predicted octanol–water partition coefficient (Wildman–Crippen LogP) is 4.62. The molecule has 0 saturated carbocycles. The van der Waals surface area contributed by atoms with Gasteiger partial charge in [0, 0.05) is 11.1 Å². The van der Waals surface area contributed by atoms with Gasteiger partial charge in [0.05, 0.1) is 19.3 Å². The molecule has 3 nitrogen and oxygen atoms in total. The van der Waals surface area contributed by atoms with Gasteiger partial charge in [0.1, 0.15) is 0 Å². The van der Waals surface area contributed by atoms with E-state index in [1.54, 1.807) is 0 Å². The molecule has 0 aromatic heterocycles. The Morgan fingerprint density at radius 3 is 2.48 bits per heavy atom. The standard InChI is InChI=1S/C22H28O3/c1-3-10-17(4-2)21-16-24-22(25-21,19-12-6-5-7-13-19)20-14-9-8-11-18(20)15-23/h5-9,11-14,17,21,23H,3-4,10,15-16H2,1-2H3. The molecule has 0 amide bonds. The molecule has 3 unspecified atom stereocenters. The van der Waals surface area contributed by atoms with Gasteiger partial charge in [0.2, 0.25) is 5.79 Å². The van der Waals surface area contributed by atoms with Crippen LogP contribution in [0, 0.1) is 5.92 Å². The van der Waals surface area contributed by atoms with Crippen LogP contribution in [-0.4, -0.2) is 17.8 Å². The Bertz CT molecular complexity index is 670. The maximum atomic E-state index is 9.83. The summed E-state index contributed by atoms with van der Waals surface area (Å²) in [6, 6.07) is 17.9. The highest BCUT2D eigenvalue weighted by molar-refractivity contribution is 5.39. The summed E-state index contributed by atoms with van der Waals surface area (Å²) < 4.78 is 13.0. The van der Waals surface area contributed by atoms with E-state index in [-0.39, 0.29) is 12.7 Å². The second-order valence-corrected chi connectivity index (χ2v) is 6.72. The summed E-state index contributed by atoms with van der Waals surface area (Å²) in [7, 11) is 0. The van der Waals surface area contributed by atoms with E-state index in [1.165, 1.54) is 0 Å². The molecule has 25 heavy (non-hydrogen) atoms. The number of ether oxygens (including phenoxy) is 2. The minimum atomic E-state index is -0.938. The molecule has 3 heteroatoms. The number of aliphatic hydroxyl groups excluding tert-OH is 1. The lowest BCUT2D eigenvalue weighted by Gasteiger charge is -2.32. The predicted molar refractivity (Wildman–Crippen MR) is 99.1 cm³/mol. The second kappa shape index (κ2) is 8.13. The Kier molecular flexibility index (Phi) is 5.89. The van der Waals surface area contributed by atoms with Crippen molar-refractivity contribution in [2.45, 2.75) is 51.6 Å². The van der Waals surface area contributed by atoms with Crippen LogP contribution in [0.25, 0.3) is 0 Å². The summed E-state index contributed by atoms with van der Waals surface area (Å²) in [5.41, 5.74) is 2.72. The van der Waals surface area contributed by atoms with Crippen molar-refractivity contribution in [1.29, 1.82) is 0 Å². The van der Waals surface area contributed by atoms with Crippen molar-refractivity contribution in [3.05, 3.63) is 71.3 Å². The summed E-state index contributed by atoms with van der Waals surface area (Å²) in [4.78, 5) is 0. The van der Waals surface area contributed by atoms with Gasteiger partial charge < -0.3 is 14.6 Å². The highest BCUT2D eigenvalue weighted by Crippen LogP contribution is 2.44. The van der Waals surface area contributed by atoms with E-state index in [4.69, 9.17) is 9.47 Å². The minimum absolute atomic E-state index is 0.0334. The first kappa shape index (κ1) is 18.1. The summed E-state index contributed by atoms with van der Waals surface area (Å²) in [6.07, 6.45) is 3.42. The highest BCUT2D eigenvalue weighted by Gasteiger charge is 2.47. The molecule has 0 spiro atoms. The molecule has 1 heterocycles. The minimum Gasteiger partial charge on any atom is -0.392 e. The van der Waals surface area contributed by atoms with Gasteiger partial charge in [-0.2, -0.15) is 0 Å². The van der Waals surface area contributed by atoms with Crippen LogP contribution in [0.4, 0.5) is 0 Å². The largest absolute Gasteiger partial charge is 0.392 e. The lowest BCUT2D eigenvalue weighted by molar-refractivity contribution is -0.150. The first-order valence-corrected chi connectivity index (χ1v) is 9.31.